The summed E-state index contributed by atoms with van der Waals surface area (Å²) in [5.74, 6) is 8.03. The average Bonchev–Trinajstić information content (AvgIpc) is 3.34. The Kier molecular flexibility index (Phi) is 4.75. The van der Waals surface area contributed by atoms with E-state index in [1.165, 1.54) is 48.4 Å². The molecule has 5 atom stereocenters. The molecule has 1 aromatic heterocycles. The van der Waals surface area contributed by atoms with Gasteiger partial charge in [0.05, 0.1) is 10.6 Å². The fraction of sp³-hybridized carbons (Fsp3) is 0.538. The van der Waals surface area contributed by atoms with Gasteiger partial charge in [-0.2, -0.15) is 5.10 Å². The van der Waals surface area contributed by atoms with Gasteiger partial charge >= 0.3 is 0 Å². The summed E-state index contributed by atoms with van der Waals surface area (Å²) in [5, 5.41) is 9.47. The van der Waals surface area contributed by atoms with E-state index in [9.17, 15) is 0 Å². The lowest BCUT2D eigenvalue weighted by Crippen LogP contribution is -2.49. The molecule has 2 fully saturated rings. The number of nitrogens with one attached hydrogen (secondary N) is 1. The minimum absolute atomic E-state index is 0.220. The summed E-state index contributed by atoms with van der Waals surface area (Å²) in [7, 11) is 0. The number of benzene rings is 1. The van der Waals surface area contributed by atoms with Crippen LogP contribution in [0.4, 0.5) is 10.8 Å². The number of hydrogen-bond donors (Lipinski definition) is 2. The standard InChI is InChI=1S/C26H31ClN4S/c1-25-14-12-21-23(32-24(30-21)29-16-5-3-15(27)4-6-16)20(25)8-7-17-18-9-10-22(31-28)26(18,2)13-11-19(17)25/h3-6,8,17-19H,7,9-14,28H2,1-2H3,(H,29,30)/b31-22+/t17-,18-,19-,25+,26-/m0/s1. The van der Waals surface area contributed by atoms with Gasteiger partial charge in [0.25, 0.3) is 0 Å². The SMILES string of the molecule is C[C@]12CCc3nc(Nc4ccc(Cl)cc4)sc3C1=CC[C@@H]1[C@@H]2CC[C@]2(C)/C(=N/N)CC[C@@H]12. The van der Waals surface area contributed by atoms with Gasteiger partial charge < -0.3 is 11.2 Å². The van der Waals surface area contributed by atoms with E-state index in [0.29, 0.717) is 0 Å². The lowest BCUT2D eigenvalue weighted by atomic mass is 9.48. The van der Waals surface area contributed by atoms with E-state index < -0.39 is 0 Å². The predicted octanol–water partition coefficient (Wildman–Crippen LogP) is 7.04. The molecule has 0 spiro atoms. The number of rotatable bonds is 2. The van der Waals surface area contributed by atoms with Crippen molar-refractivity contribution in [3.8, 4) is 0 Å². The Morgan fingerprint density at radius 1 is 1.09 bits per heavy atom. The van der Waals surface area contributed by atoms with Crippen LogP contribution in [0.1, 0.15) is 62.9 Å². The third-order valence-electron chi connectivity index (χ3n) is 9.28. The number of hydrogen-bond acceptors (Lipinski definition) is 5. The van der Waals surface area contributed by atoms with Crippen molar-refractivity contribution in [2.24, 2.45) is 39.5 Å². The largest absolute Gasteiger partial charge is 0.332 e. The molecule has 0 aliphatic heterocycles. The van der Waals surface area contributed by atoms with Gasteiger partial charge in [-0.05, 0) is 98.0 Å². The predicted molar refractivity (Wildman–Crippen MR) is 135 cm³/mol. The van der Waals surface area contributed by atoms with Crippen molar-refractivity contribution < 1.29 is 0 Å². The second-order valence-electron chi connectivity index (χ2n) is 10.6. The molecular weight excluding hydrogens is 436 g/mol. The number of halogens is 1. The Morgan fingerprint density at radius 2 is 1.88 bits per heavy atom. The number of aryl methyl sites for hydroxylation is 1. The Morgan fingerprint density at radius 3 is 2.66 bits per heavy atom. The maximum atomic E-state index is 6.04. The topological polar surface area (TPSA) is 63.3 Å². The lowest BCUT2D eigenvalue weighted by molar-refractivity contribution is 0.0117. The first-order valence-electron chi connectivity index (χ1n) is 11.9. The van der Waals surface area contributed by atoms with E-state index >= 15 is 0 Å². The lowest BCUT2D eigenvalue weighted by Gasteiger charge is -2.56. The molecule has 6 heteroatoms. The maximum Gasteiger partial charge on any atom is 0.187 e. The van der Waals surface area contributed by atoms with Crippen LogP contribution in [-0.2, 0) is 6.42 Å². The van der Waals surface area contributed by atoms with Gasteiger partial charge in [0.1, 0.15) is 0 Å². The zero-order chi connectivity index (χ0) is 22.1. The van der Waals surface area contributed by atoms with Crippen LogP contribution in [-0.4, -0.2) is 10.7 Å². The first kappa shape index (κ1) is 20.7. The number of nitrogens with two attached hydrogens (primary N) is 1. The fourth-order valence-corrected chi connectivity index (χ4v) is 8.92. The number of allylic oxidation sites excluding steroid dienone is 2. The van der Waals surface area contributed by atoms with Gasteiger partial charge in [0.15, 0.2) is 5.13 Å². The Hall–Kier alpha value is -1.85. The van der Waals surface area contributed by atoms with Crippen LogP contribution in [0.3, 0.4) is 0 Å². The second-order valence-corrected chi connectivity index (χ2v) is 12.1. The summed E-state index contributed by atoms with van der Waals surface area (Å²) in [6.07, 6.45) is 10.9. The highest BCUT2D eigenvalue weighted by Gasteiger charge is 2.58. The minimum atomic E-state index is 0.220. The molecular formula is C26H31ClN4S. The molecule has 0 unspecified atom stereocenters. The van der Waals surface area contributed by atoms with Crippen molar-refractivity contribution in [2.75, 3.05) is 5.32 Å². The van der Waals surface area contributed by atoms with Crippen LogP contribution in [0.15, 0.2) is 35.4 Å². The van der Waals surface area contributed by atoms with Crippen LogP contribution in [0.5, 0.6) is 0 Å². The van der Waals surface area contributed by atoms with Crippen molar-refractivity contribution >= 4 is 45.0 Å². The third-order valence-corrected chi connectivity index (χ3v) is 10.6. The van der Waals surface area contributed by atoms with Crippen LogP contribution in [0.2, 0.25) is 5.02 Å². The number of hydrazone groups is 1. The summed E-state index contributed by atoms with van der Waals surface area (Å²) >= 11 is 7.86. The quantitative estimate of drug-likeness (QED) is 0.368. The molecule has 0 radical (unpaired) electrons. The van der Waals surface area contributed by atoms with E-state index in [1.54, 1.807) is 5.57 Å². The molecule has 3 N–H and O–H groups in total. The number of thiazole rings is 1. The van der Waals surface area contributed by atoms with Crippen LogP contribution in [0, 0.1) is 28.6 Å². The van der Waals surface area contributed by atoms with Crippen LogP contribution >= 0.6 is 22.9 Å². The maximum absolute atomic E-state index is 6.04. The average molecular weight is 467 g/mol. The smallest absolute Gasteiger partial charge is 0.187 e. The van der Waals surface area contributed by atoms with E-state index in [-0.39, 0.29) is 10.8 Å². The first-order chi connectivity index (χ1) is 15.4. The molecule has 0 bridgehead atoms. The van der Waals surface area contributed by atoms with Gasteiger partial charge in [0, 0.05) is 21.8 Å². The number of anilines is 2. The van der Waals surface area contributed by atoms with Crippen molar-refractivity contribution in [1.29, 1.82) is 0 Å². The molecule has 4 aliphatic carbocycles. The Labute approximate surface area is 199 Å². The van der Waals surface area contributed by atoms with Gasteiger partial charge in [-0.25, -0.2) is 4.98 Å². The minimum Gasteiger partial charge on any atom is -0.332 e. The van der Waals surface area contributed by atoms with E-state index in [1.807, 2.05) is 35.6 Å². The Balaban J connectivity index is 1.32. The van der Waals surface area contributed by atoms with E-state index in [4.69, 9.17) is 22.4 Å². The molecule has 2 aromatic rings. The van der Waals surface area contributed by atoms with Crippen molar-refractivity contribution in [3.05, 3.63) is 45.9 Å². The van der Waals surface area contributed by atoms with Gasteiger partial charge in [-0.1, -0.05) is 42.9 Å². The Bertz CT molecular complexity index is 1120. The van der Waals surface area contributed by atoms with Crippen molar-refractivity contribution in [1.82, 2.24) is 4.98 Å². The highest BCUT2D eigenvalue weighted by molar-refractivity contribution is 7.16. The molecule has 4 nitrogen and oxygen atoms in total. The molecule has 4 aliphatic rings. The van der Waals surface area contributed by atoms with E-state index in [0.717, 1.165) is 46.4 Å². The molecule has 32 heavy (non-hydrogen) atoms. The fourth-order valence-electron chi connectivity index (χ4n) is 7.59. The summed E-state index contributed by atoms with van der Waals surface area (Å²) < 4.78 is 0. The highest BCUT2D eigenvalue weighted by atomic mass is 35.5. The van der Waals surface area contributed by atoms with Crippen molar-refractivity contribution in [2.45, 2.75) is 58.8 Å². The second kappa shape index (κ2) is 7.33. The van der Waals surface area contributed by atoms with Gasteiger partial charge in [-0.15, -0.1) is 0 Å². The zero-order valence-corrected chi connectivity index (χ0v) is 20.4. The number of nitrogens with zero attached hydrogens (tertiary/aromatic N) is 2. The van der Waals surface area contributed by atoms with Gasteiger partial charge in [-0.3, -0.25) is 0 Å². The molecule has 0 amide bonds. The molecule has 1 heterocycles. The summed E-state index contributed by atoms with van der Waals surface area (Å²) in [6.45, 7) is 4.98. The van der Waals surface area contributed by atoms with Crippen LogP contribution < -0.4 is 11.2 Å². The molecule has 0 saturated heterocycles. The third kappa shape index (κ3) is 2.93. The summed E-state index contributed by atoms with van der Waals surface area (Å²) in [6, 6.07) is 7.85. The summed E-state index contributed by atoms with van der Waals surface area (Å²) in [4.78, 5) is 6.40. The molecule has 2 saturated carbocycles. The normalized spacial score (nSPS) is 36.7. The van der Waals surface area contributed by atoms with Crippen LogP contribution in [0.25, 0.3) is 5.57 Å². The highest BCUT2D eigenvalue weighted by Crippen LogP contribution is 2.65. The molecule has 6 rings (SSSR count). The number of aromatic nitrogens is 1. The van der Waals surface area contributed by atoms with Gasteiger partial charge in [0.2, 0.25) is 0 Å². The van der Waals surface area contributed by atoms with E-state index in [2.05, 4.69) is 30.3 Å². The first-order valence-corrected chi connectivity index (χ1v) is 13.1. The molecule has 1 aromatic carbocycles. The molecule has 168 valence electrons. The zero-order valence-electron chi connectivity index (χ0n) is 18.8. The summed E-state index contributed by atoms with van der Waals surface area (Å²) in [5.41, 5.74) is 5.61. The monoisotopic (exact) mass is 466 g/mol. The van der Waals surface area contributed by atoms with Crippen molar-refractivity contribution in [3.63, 3.8) is 0 Å². The number of fused-ring (bicyclic) bond motifs is 7.